The Kier molecular flexibility index (Phi) is 5.39. The van der Waals surface area contributed by atoms with Crippen LogP contribution in [0.15, 0.2) is 41.8 Å². The van der Waals surface area contributed by atoms with Gasteiger partial charge in [-0.3, -0.25) is 0 Å². The predicted molar refractivity (Wildman–Crippen MR) is 96.7 cm³/mol. The van der Waals surface area contributed by atoms with E-state index in [2.05, 4.69) is 15.1 Å². The van der Waals surface area contributed by atoms with Gasteiger partial charge in [-0.1, -0.05) is 43.3 Å². The molecule has 0 bridgehead atoms. The fraction of sp³-hybridized carbons (Fsp3) is 0.389. The molecule has 0 unspecified atom stereocenters. The molecule has 5 N–H and O–H groups in total. The van der Waals surface area contributed by atoms with Crippen LogP contribution in [0.5, 0.6) is 0 Å². The minimum atomic E-state index is -0.426. The number of aromatic nitrogens is 2. The number of oxime groups is 1. The molecular formula is C18H25N5O. The highest BCUT2D eigenvalue weighted by atomic mass is 16.4. The summed E-state index contributed by atoms with van der Waals surface area (Å²) in [5.41, 5.74) is 14.0. The molecule has 24 heavy (non-hydrogen) atoms. The molecule has 1 atom stereocenters. The van der Waals surface area contributed by atoms with Gasteiger partial charge in [0, 0.05) is 18.0 Å². The molecule has 0 saturated heterocycles. The lowest BCUT2D eigenvalue weighted by Gasteiger charge is -2.29. The molecule has 128 valence electrons. The molecular weight excluding hydrogens is 302 g/mol. The Balaban J connectivity index is 0.00000100. The van der Waals surface area contributed by atoms with E-state index in [0.29, 0.717) is 5.92 Å². The van der Waals surface area contributed by atoms with E-state index in [1.165, 1.54) is 0 Å². The highest BCUT2D eigenvalue weighted by molar-refractivity contribution is 5.91. The Morgan fingerprint density at radius 1 is 1.12 bits per heavy atom. The van der Waals surface area contributed by atoms with Gasteiger partial charge in [-0.25, -0.2) is 9.97 Å². The van der Waals surface area contributed by atoms with Crippen LogP contribution in [0, 0.1) is 5.92 Å². The first-order valence-corrected chi connectivity index (χ1v) is 8.22. The molecule has 1 aliphatic carbocycles. The summed E-state index contributed by atoms with van der Waals surface area (Å²) >= 11 is 0. The van der Waals surface area contributed by atoms with Gasteiger partial charge in [-0.05, 0) is 36.8 Å². The topological polar surface area (TPSA) is 110 Å². The van der Waals surface area contributed by atoms with Crippen molar-refractivity contribution in [1.29, 1.82) is 0 Å². The minimum absolute atomic E-state index is 0.258. The Morgan fingerprint density at radius 2 is 1.67 bits per heavy atom. The number of rotatable bonds is 4. The van der Waals surface area contributed by atoms with Crippen molar-refractivity contribution in [1.82, 2.24) is 9.97 Å². The zero-order valence-corrected chi connectivity index (χ0v) is 14.4. The second-order valence-electron chi connectivity index (χ2n) is 5.87. The van der Waals surface area contributed by atoms with Crippen molar-refractivity contribution in [3.8, 4) is 11.1 Å². The number of nitrogens with zero attached hydrogens (tertiary/aromatic N) is 3. The summed E-state index contributed by atoms with van der Waals surface area (Å²) in [5, 5.41) is 12.4. The summed E-state index contributed by atoms with van der Waals surface area (Å²) in [6.07, 6.45) is 5.59. The number of hydrogen-bond donors (Lipinski definition) is 3. The van der Waals surface area contributed by atoms with E-state index in [-0.39, 0.29) is 11.8 Å². The van der Waals surface area contributed by atoms with Gasteiger partial charge in [0.25, 0.3) is 0 Å². The third-order valence-electron chi connectivity index (χ3n) is 4.52. The van der Waals surface area contributed by atoms with Crippen LogP contribution < -0.4 is 11.5 Å². The maximum Gasteiger partial charge on any atom is 0.219 e. The molecule has 6 heteroatoms. The van der Waals surface area contributed by atoms with E-state index in [1.54, 1.807) is 12.4 Å². The molecule has 1 aromatic heterocycles. The van der Waals surface area contributed by atoms with Crippen LogP contribution in [0.1, 0.15) is 39.2 Å². The maximum absolute atomic E-state index is 9.10. The van der Waals surface area contributed by atoms with Crippen molar-refractivity contribution in [2.45, 2.75) is 39.0 Å². The first-order valence-electron chi connectivity index (χ1n) is 8.22. The molecule has 1 fully saturated rings. The average Bonchev–Trinajstić information content (AvgIpc) is 3.48. The highest BCUT2D eigenvalue weighted by Crippen LogP contribution is 2.47. The van der Waals surface area contributed by atoms with Gasteiger partial charge in [-0.2, -0.15) is 0 Å². The summed E-state index contributed by atoms with van der Waals surface area (Å²) in [7, 11) is 0. The van der Waals surface area contributed by atoms with E-state index >= 15 is 0 Å². The Bertz CT molecular complexity index is 692. The Labute approximate surface area is 142 Å². The third kappa shape index (κ3) is 3.32. The predicted octanol–water partition coefficient (Wildman–Crippen LogP) is 3.17. The molecule has 1 aliphatic rings. The summed E-state index contributed by atoms with van der Waals surface area (Å²) in [5.74, 6) is 0.946. The highest BCUT2D eigenvalue weighted by Gasteiger charge is 2.46. The minimum Gasteiger partial charge on any atom is -0.409 e. The van der Waals surface area contributed by atoms with E-state index in [1.807, 2.05) is 45.0 Å². The maximum atomic E-state index is 9.10. The van der Waals surface area contributed by atoms with Gasteiger partial charge < -0.3 is 16.7 Å². The van der Waals surface area contributed by atoms with E-state index in [9.17, 15) is 0 Å². The lowest BCUT2D eigenvalue weighted by atomic mass is 9.76. The Hall–Kier alpha value is -2.63. The molecule has 0 radical (unpaired) electrons. The van der Waals surface area contributed by atoms with E-state index in [0.717, 1.165) is 29.5 Å². The second-order valence-corrected chi connectivity index (χ2v) is 5.87. The molecule has 1 heterocycles. The van der Waals surface area contributed by atoms with Gasteiger partial charge >= 0.3 is 0 Å². The number of nitrogen functional groups attached to an aromatic ring is 1. The van der Waals surface area contributed by atoms with Crippen molar-refractivity contribution < 1.29 is 5.21 Å². The SMILES string of the molecule is CC.C[C@](/C(N)=N/O)(c1ccc(-c2cnc(N)nc2)cc1)C1CC1. The van der Waals surface area contributed by atoms with Gasteiger partial charge in [0.15, 0.2) is 0 Å². The molecule has 0 amide bonds. The zero-order chi connectivity index (χ0) is 17.7. The Morgan fingerprint density at radius 3 is 2.12 bits per heavy atom. The van der Waals surface area contributed by atoms with Crippen molar-refractivity contribution in [2.75, 3.05) is 5.73 Å². The first kappa shape index (κ1) is 17.7. The van der Waals surface area contributed by atoms with Crippen LogP contribution >= 0.6 is 0 Å². The average molecular weight is 327 g/mol. The number of hydrogen-bond acceptors (Lipinski definition) is 5. The van der Waals surface area contributed by atoms with Crippen molar-refractivity contribution in [3.05, 3.63) is 42.2 Å². The van der Waals surface area contributed by atoms with Crippen LogP contribution in [-0.2, 0) is 5.41 Å². The van der Waals surface area contributed by atoms with E-state index < -0.39 is 5.41 Å². The van der Waals surface area contributed by atoms with Gasteiger partial charge in [0.1, 0.15) is 5.84 Å². The monoisotopic (exact) mass is 327 g/mol. The summed E-state index contributed by atoms with van der Waals surface area (Å²) in [6, 6.07) is 8.02. The van der Waals surface area contributed by atoms with Crippen LogP contribution in [0.4, 0.5) is 5.95 Å². The summed E-state index contributed by atoms with van der Waals surface area (Å²) in [4.78, 5) is 8.00. The molecule has 1 aromatic carbocycles. The molecule has 0 spiro atoms. The van der Waals surface area contributed by atoms with Crippen LogP contribution in [0.2, 0.25) is 0 Å². The standard InChI is InChI=1S/C16H19N5O.C2H6/c1-16(13-6-7-13,14(17)21-22)12-4-2-10(3-5-12)11-8-19-15(18)20-9-11;1-2/h2-5,8-9,13,22H,6-7H2,1H3,(H2,17,21)(H2,18,19,20);1-2H3/t16-;/m0./s1. The second kappa shape index (κ2) is 7.29. The number of nitrogens with two attached hydrogens (primary N) is 2. The molecule has 3 rings (SSSR count). The summed E-state index contributed by atoms with van der Waals surface area (Å²) < 4.78 is 0. The van der Waals surface area contributed by atoms with Crippen LogP contribution in [0.3, 0.4) is 0 Å². The van der Waals surface area contributed by atoms with Crippen molar-refractivity contribution in [2.24, 2.45) is 16.8 Å². The largest absolute Gasteiger partial charge is 0.409 e. The normalized spacial score (nSPS) is 16.7. The number of amidine groups is 1. The number of benzene rings is 1. The lowest BCUT2D eigenvalue weighted by molar-refractivity contribution is 0.310. The molecule has 0 aliphatic heterocycles. The van der Waals surface area contributed by atoms with Crippen molar-refractivity contribution >= 4 is 11.8 Å². The van der Waals surface area contributed by atoms with E-state index in [4.69, 9.17) is 16.7 Å². The fourth-order valence-electron chi connectivity index (χ4n) is 2.85. The van der Waals surface area contributed by atoms with Gasteiger partial charge in [-0.15, -0.1) is 0 Å². The van der Waals surface area contributed by atoms with Gasteiger partial charge in [0.2, 0.25) is 5.95 Å². The molecule has 2 aromatic rings. The van der Waals surface area contributed by atoms with Crippen LogP contribution in [0.25, 0.3) is 11.1 Å². The van der Waals surface area contributed by atoms with Crippen LogP contribution in [-0.4, -0.2) is 21.0 Å². The smallest absolute Gasteiger partial charge is 0.219 e. The quantitative estimate of drug-likeness (QED) is 0.346. The first-order chi connectivity index (χ1) is 11.6. The molecule has 6 nitrogen and oxygen atoms in total. The molecule has 1 saturated carbocycles. The van der Waals surface area contributed by atoms with Crippen molar-refractivity contribution in [3.63, 3.8) is 0 Å². The fourth-order valence-corrected chi connectivity index (χ4v) is 2.85. The summed E-state index contributed by atoms with van der Waals surface area (Å²) in [6.45, 7) is 6.03. The zero-order valence-electron chi connectivity index (χ0n) is 14.4. The third-order valence-corrected chi connectivity index (χ3v) is 4.52. The number of anilines is 1. The lowest BCUT2D eigenvalue weighted by Crippen LogP contribution is -2.40. The van der Waals surface area contributed by atoms with Gasteiger partial charge in [0.05, 0.1) is 5.41 Å².